The highest BCUT2D eigenvalue weighted by Gasteiger charge is 2.33. The maximum absolute atomic E-state index is 12.2. The Hall–Kier alpha value is -0.0300. The van der Waals surface area contributed by atoms with Crippen LogP contribution in [0.4, 0.5) is 0 Å². The maximum Gasteiger partial charge on any atom is 0.239 e. The van der Waals surface area contributed by atoms with Gasteiger partial charge in [0.1, 0.15) is 0 Å². The quantitative estimate of drug-likeness (QED) is 0.862. The molecule has 2 atom stereocenters. The molecule has 0 aromatic carbocycles. The monoisotopic (exact) mass is 325 g/mol. The van der Waals surface area contributed by atoms with E-state index in [1.807, 2.05) is 18.7 Å². The fraction of sp³-hybridized carbons (Fsp3) is 0.929. The summed E-state index contributed by atoms with van der Waals surface area (Å²) >= 11 is 0. The Morgan fingerprint density at radius 3 is 2.25 bits per heavy atom. The summed E-state index contributed by atoms with van der Waals surface area (Å²) in [5.41, 5.74) is 5.96. The van der Waals surface area contributed by atoms with Crippen LogP contribution >= 0.6 is 24.8 Å². The average molecular weight is 326 g/mol. The minimum atomic E-state index is -0.329. The molecule has 0 radical (unpaired) electrons. The van der Waals surface area contributed by atoms with E-state index in [0.29, 0.717) is 6.04 Å². The molecule has 2 heterocycles. The Kier molecular flexibility index (Phi) is 9.07. The largest absolute Gasteiger partial charge is 0.340 e. The number of likely N-dealkylation sites (tertiary alicyclic amines) is 2. The van der Waals surface area contributed by atoms with Crippen molar-refractivity contribution in [1.82, 2.24) is 9.80 Å². The molecule has 0 saturated carbocycles. The molecular weight excluding hydrogens is 297 g/mol. The van der Waals surface area contributed by atoms with Gasteiger partial charge in [0, 0.05) is 19.1 Å². The van der Waals surface area contributed by atoms with Crippen molar-refractivity contribution in [2.45, 2.75) is 51.6 Å². The molecule has 2 unspecified atom stereocenters. The average Bonchev–Trinajstić information content (AvgIpc) is 2.87. The highest BCUT2D eigenvalue weighted by molar-refractivity contribution is 5.85. The normalized spacial score (nSPS) is 25.0. The number of amides is 1. The van der Waals surface area contributed by atoms with E-state index < -0.39 is 0 Å². The molecule has 2 aliphatic heterocycles. The molecule has 2 rings (SSSR count). The number of piperidine rings is 1. The summed E-state index contributed by atoms with van der Waals surface area (Å²) in [5, 5.41) is 0. The summed E-state index contributed by atoms with van der Waals surface area (Å²) in [7, 11) is 0. The van der Waals surface area contributed by atoms with Crippen LogP contribution < -0.4 is 5.73 Å². The van der Waals surface area contributed by atoms with Gasteiger partial charge in [-0.2, -0.15) is 0 Å². The van der Waals surface area contributed by atoms with Crippen LogP contribution in [0.15, 0.2) is 0 Å². The first-order valence-corrected chi connectivity index (χ1v) is 7.38. The third-order valence-corrected chi connectivity index (χ3v) is 4.39. The van der Waals surface area contributed by atoms with Gasteiger partial charge in [-0.1, -0.05) is 20.3 Å². The van der Waals surface area contributed by atoms with Crippen LogP contribution in [0.25, 0.3) is 0 Å². The molecule has 2 aliphatic rings. The van der Waals surface area contributed by atoms with Crippen molar-refractivity contribution in [2.24, 2.45) is 11.7 Å². The van der Waals surface area contributed by atoms with Crippen molar-refractivity contribution in [1.29, 1.82) is 0 Å². The van der Waals surface area contributed by atoms with E-state index >= 15 is 0 Å². The molecule has 1 amide bonds. The van der Waals surface area contributed by atoms with Gasteiger partial charge in [-0.05, 0) is 38.3 Å². The summed E-state index contributed by atoms with van der Waals surface area (Å²) in [6.45, 7) is 8.23. The fourth-order valence-corrected chi connectivity index (χ4v) is 3.02. The van der Waals surface area contributed by atoms with Crippen LogP contribution in [0, 0.1) is 5.92 Å². The number of halogens is 2. The molecule has 20 heavy (non-hydrogen) atoms. The van der Waals surface area contributed by atoms with Gasteiger partial charge in [-0.25, -0.2) is 0 Å². The van der Waals surface area contributed by atoms with Crippen LogP contribution in [0.2, 0.25) is 0 Å². The zero-order valence-electron chi connectivity index (χ0n) is 12.6. The predicted molar refractivity (Wildman–Crippen MR) is 87.7 cm³/mol. The van der Waals surface area contributed by atoms with Crippen LogP contribution in [0.5, 0.6) is 0 Å². The first-order chi connectivity index (χ1) is 8.59. The van der Waals surface area contributed by atoms with E-state index in [4.69, 9.17) is 5.73 Å². The Morgan fingerprint density at radius 1 is 1.10 bits per heavy atom. The second-order valence-corrected chi connectivity index (χ2v) is 6.09. The predicted octanol–water partition coefficient (Wildman–Crippen LogP) is 1.90. The third kappa shape index (κ3) is 4.76. The Balaban J connectivity index is 0.00000180. The van der Waals surface area contributed by atoms with E-state index in [1.165, 1.54) is 32.4 Å². The molecule has 2 fully saturated rings. The first-order valence-electron chi connectivity index (χ1n) is 7.38. The van der Waals surface area contributed by atoms with Crippen molar-refractivity contribution in [3.8, 4) is 0 Å². The third-order valence-electron chi connectivity index (χ3n) is 4.39. The fourth-order valence-electron chi connectivity index (χ4n) is 3.02. The lowest BCUT2D eigenvalue weighted by molar-refractivity contribution is -0.132. The Morgan fingerprint density at radius 2 is 1.70 bits per heavy atom. The van der Waals surface area contributed by atoms with E-state index in [0.717, 1.165) is 19.5 Å². The molecular formula is C14H29Cl2N3O. The van der Waals surface area contributed by atoms with Crippen LogP contribution in [0.1, 0.15) is 39.5 Å². The molecule has 2 N–H and O–H groups in total. The number of carbonyl (C=O) groups excluding carboxylic acids is 1. The lowest BCUT2D eigenvalue weighted by atomic mass is 10.0. The van der Waals surface area contributed by atoms with Crippen molar-refractivity contribution in [3.63, 3.8) is 0 Å². The highest BCUT2D eigenvalue weighted by Crippen LogP contribution is 2.21. The van der Waals surface area contributed by atoms with Crippen molar-refractivity contribution in [2.75, 3.05) is 26.2 Å². The minimum absolute atomic E-state index is 0. The lowest BCUT2D eigenvalue weighted by Gasteiger charge is -2.32. The number of hydrogen-bond donors (Lipinski definition) is 1. The second-order valence-electron chi connectivity index (χ2n) is 6.09. The molecule has 2 saturated heterocycles. The van der Waals surface area contributed by atoms with E-state index in [9.17, 15) is 4.79 Å². The summed E-state index contributed by atoms with van der Waals surface area (Å²) in [6.07, 6.45) is 5.12. The standard InChI is InChI=1S/C14H27N3O.2ClH/c1-11(2)13(15)14(18)17-9-6-12(10-17)16-7-4-3-5-8-16;;/h11-13H,3-10,15H2,1-2H3;2*1H. The van der Waals surface area contributed by atoms with Gasteiger partial charge < -0.3 is 10.6 Å². The number of nitrogens with zero attached hydrogens (tertiary/aromatic N) is 2. The van der Waals surface area contributed by atoms with Gasteiger partial charge in [0.2, 0.25) is 5.91 Å². The number of nitrogens with two attached hydrogens (primary N) is 1. The van der Waals surface area contributed by atoms with Crippen molar-refractivity contribution >= 4 is 30.7 Å². The van der Waals surface area contributed by atoms with E-state index in [1.54, 1.807) is 0 Å². The van der Waals surface area contributed by atoms with Crippen LogP contribution in [0.3, 0.4) is 0 Å². The molecule has 0 bridgehead atoms. The Labute approximate surface area is 135 Å². The highest BCUT2D eigenvalue weighted by atomic mass is 35.5. The molecule has 0 aromatic heterocycles. The number of rotatable bonds is 3. The van der Waals surface area contributed by atoms with Gasteiger partial charge in [-0.15, -0.1) is 24.8 Å². The molecule has 0 aromatic rings. The summed E-state index contributed by atoms with van der Waals surface area (Å²) in [4.78, 5) is 16.7. The number of hydrogen-bond acceptors (Lipinski definition) is 3. The molecule has 0 aliphatic carbocycles. The van der Waals surface area contributed by atoms with Gasteiger partial charge in [0.05, 0.1) is 6.04 Å². The summed E-state index contributed by atoms with van der Waals surface area (Å²) in [5.74, 6) is 0.371. The lowest BCUT2D eigenvalue weighted by Crippen LogP contribution is -2.47. The minimum Gasteiger partial charge on any atom is -0.340 e. The first kappa shape index (κ1) is 20.0. The SMILES string of the molecule is CC(C)C(N)C(=O)N1CCC(N2CCCCC2)C1.Cl.Cl. The summed E-state index contributed by atoms with van der Waals surface area (Å²) in [6, 6.07) is 0.249. The summed E-state index contributed by atoms with van der Waals surface area (Å²) < 4.78 is 0. The molecule has 120 valence electrons. The second kappa shape index (κ2) is 9.08. The Bertz CT molecular complexity index is 296. The molecule has 4 nitrogen and oxygen atoms in total. The van der Waals surface area contributed by atoms with Gasteiger partial charge in [0.25, 0.3) is 0 Å². The molecule has 0 spiro atoms. The van der Waals surface area contributed by atoms with Crippen molar-refractivity contribution in [3.05, 3.63) is 0 Å². The maximum atomic E-state index is 12.2. The van der Waals surface area contributed by atoms with Gasteiger partial charge >= 0.3 is 0 Å². The topological polar surface area (TPSA) is 49.6 Å². The van der Waals surface area contributed by atoms with Gasteiger partial charge in [-0.3, -0.25) is 9.69 Å². The van der Waals surface area contributed by atoms with Crippen molar-refractivity contribution < 1.29 is 4.79 Å². The van der Waals surface area contributed by atoms with Gasteiger partial charge in [0.15, 0.2) is 0 Å². The zero-order chi connectivity index (χ0) is 13.1. The number of carbonyl (C=O) groups is 1. The van der Waals surface area contributed by atoms with Crippen LogP contribution in [-0.4, -0.2) is 54.0 Å². The van der Waals surface area contributed by atoms with Crippen LogP contribution in [-0.2, 0) is 4.79 Å². The smallest absolute Gasteiger partial charge is 0.239 e. The zero-order valence-corrected chi connectivity index (χ0v) is 14.2. The van der Waals surface area contributed by atoms with E-state index in [-0.39, 0.29) is 42.7 Å². The van der Waals surface area contributed by atoms with E-state index in [2.05, 4.69) is 4.90 Å². The molecule has 6 heteroatoms.